The van der Waals surface area contributed by atoms with Crippen molar-refractivity contribution in [2.24, 2.45) is 5.73 Å². The van der Waals surface area contributed by atoms with Crippen LogP contribution in [-0.2, 0) is 4.74 Å². The van der Waals surface area contributed by atoms with Gasteiger partial charge >= 0.3 is 0 Å². The Labute approximate surface area is 105 Å². The fourth-order valence-corrected chi connectivity index (χ4v) is 3.10. The van der Waals surface area contributed by atoms with Crippen LogP contribution in [0.15, 0.2) is 0 Å². The Hall–Kier alpha value is -0.160. The van der Waals surface area contributed by atoms with Gasteiger partial charge in [-0.25, -0.2) is 0 Å². The Morgan fingerprint density at radius 1 is 1.35 bits per heavy atom. The topological polar surface area (TPSA) is 50.5 Å². The summed E-state index contributed by atoms with van der Waals surface area (Å²) in [4.78, 5) is 2.38. The highest BCUT2D eigenvalue weighted by Gasteiger charge is 2.36. The molecular formula is C13H27N3O. The van der Waals surface area contributed by atoms with Gasteiger partial charge < -0.3 is 20.7 Å². The lowest BCUT2D eigenvalue weighted by Crippen LogP contribution is -2.62. The van der Waals surface area contributed by atoms with E-state index in [1.165, 1.54) is 25.8 Å². The van der Waals surface area contributed by atoms with E-state index < -0.39 is 0 Å². The highest BCUT2D eigenvalue weighted by Crippen LogP contribution is 2.26. The molecule has 0 aromatic rings. The van der Waals surface area contributed by atoms with Crippen molar-refractivity contribution in [3.8, 4) is 0 Å². The molecule has 0 aromatic heterocycles. The van der Waals surface area contributed by atoms with Crippen molar-refractivity contribution in [2.75, 3.05) is 39.8 Å². The largest absolute Gasteiger partial charge is 0.374 e. The van der Waals surface area contributed by atoms with Crippen LogP contribution < -0.4 is 11.1 Å². The number of likely N-dealkylation sites (tertiary alicyclic amines) is 1. The van der Waals surface area contributed by atoms with Crippen LogP contribution >= 0.6 is 0 Å². The van der Waals surface area contributed by atoms with Gasteiger partial charge in [-0.05, 0) is 46.2 Å². The third kappa shape index (κ3) is 3.19. The predicted octanol–water partition coefficient (Wildman–Crippen LogP) is 0.568. The molecule has 2 aliphatic heterocycles. The zero-order valence-electron chi connectivity index (χ0n) is 11.3. The molecule has 0 spiro atoms. The molecular weight excluding hydrogens is 214 g/mol. The van der Waals surface area contributed by atoms with E-state index in [1.807, 2.05) is 0 Å². The third-order valence-corrected chi connectivity index (χ3v) is 4.30. The number of nitrogens with zero attached hydrogens (tertiary/aromatic N) is 1. The smallest absolute Gasteiger partial charge is 0.0779 e. The van der Waals surface area contributed by atoms with Crippen molar-refractivity contribution in [3.63, 3.8) is 0 Å². The fourth-order valence-electron chi connectivity index (χ4n) is 3.10. The number of nitrogens with two attached hydrogens (primary N) is 1. The normalized spacial score (nSPS) is 39.7. The summed E-state index contributed by atoms with van der Waals surface area (Å²) < 4.78 is 5.83. The minimum atomic E-state index is 0.0260. The van der Waals surface area contributed by atoms with E-state index in [2.05, 4.69) is 24.2 Å². The zero-order valence-corrected chi connectivity index (χ0v) is 11.3. The van der Waals surface area contributed by atoms with Crippen LogP contribution in [0.5, 0.6) is 0 Å². The van der Waals surface area contributed by atoms with Crippen LogP contribution in [0, 0.1) is 0 Å². The van der Waals surface area contributed by atoms with Crippen LogP contribution in [0.25, 0.3) is 0 Å². The molecule has 2 saturated heterocycles. The van der Waals surface area contributed by atoms with Gasteiger partial charge in [0, 0.05) is 31.8 Å². The van der Waals surface area contributed by atoms with E-state index in [0.29, 0.717) is 6.54 Å². The number of rotatable bonds is 4. The number of hydrogen-bond donors (Lipinski definition) is 2. The molecule has 4 nitrogen and oxygen atoms in total. The standard InChI is InChI=1S/C13H27N3O/c1-12(5-4-8-17-12)10-15-13(9-14)6-3-7-16(2)11-13/h15H,3-11,14H2,1-2H3. The first-order valence-corrected chi connectivity index (χ1v) is 6.85. The van der Waals surface area contributed by atoms with E-state index in [-0.39, 0.29) is 11.1 Å². The third-order valence-electron chi connectivity index (χ3n) is 4.30. The van der Waals surface area contributed by atoms with Crippen LogP contribution in [-0.4, -0.2) is 55.9 Å². The molecule has 2 atom stereocenters. The summed E-state index contributed by atoms with van der Waals surface area (Å²) in [6, 6.07) is 0. The SMILES string of the molecule is CN1CCCC(CN)(NCC2(C)CCCO2)C1. The number of likely N-dealkylation sites (N-methyl/N-ethyl adjacent to an activating group) is 1. The van der Waals surface area contributed by atoms with E-state index in [4.69, 9.17) is 10.5 Å². The minimum absolute atomic E-state index is 0.0260. The summed E-state index contributed by atoms with van der Waals surface area (Å²) in [6.07, 6.45) is 4.77. The van der Waals surface area contributed by atoms with Gasteiger partial charge in [0.15, 0.2) is 0 Å². The monoisotopic (exact) mass is 241 g/mol. The molecule has 4 heteroatoms. The highest BCUT2D eigenvalue weighted by molar-refractivity contribution is 4.97. The van der Waals surface area contributed by atoms with Gasteiger partial charge in [-0.1, -0.05) is 0 Å². The molecule has 0 amide bonds. The second kappa shape index (κ2) is 5.22. The zero-order chi connectivity index (χ0) is 12.4. The van der Waals surface area contributed by atoms with Crippen molar-refractivity contribution in [3.05, 3.63) is 0 Å². The van der Waals surface area contributed by atoms with E-state index >= 15 is 0 Å². The lowest BCUT2D eigenvalue weighted by Gasteiger charge is -2.43. The maximum atomic E-state index is 6.00. The van der Waals surface area contributed by atoms with Crippen molar-refractivity contribution in [1.82, 2.24) is 10.2 Å². The van der Waals surface area contributed by atoms with Gasteiger partial charge in [0.25, 0.3) is 0 Å². The first kappa shape index (κ1) is 13.3. The summed E-state index contributed by atoms with van der Waals surface area (Å²) >= 11 is 0. The Bertz CT molecular complexity index is 253. The molecule has 3 N–H and O–H groups in total. The summed E-state index contributed by atoms with van der Waals surface area (Å²) in [5.74, 6) is 0. The molecule has 17 heavy (non-hydrogen) atoms. The van der Waals surface area contributed by atoms with E-state index in [1.54, 1.807) is 0 Å². The van der Waals surface area contributed by atoms with Crippen LogP contribution in [0.1, 0.15) is 32.6 Å². The average molecular weight is 241 g/mol. The predicted molar refractivity (Wildman–Crippen MR) is 70.1 cm³/mol. The van der Waals surface area contributed by atoms with Crippen LogP contribution in [0.3, 0.4) is 0 Å². The first-order valence-electron chi connectivity index (χ1n) is 6.85. The molecule has 2 rings (SSSR count). The number of nitrogens with one attached hydrogen (secondary N) is 1. The van der Waals surface area contributed by atoms with Crippen LogP contribution in [0.4, 0.5) is 0 Å². The quantitative estimate of drug-likeness (QED) is 0.755. The molecule has 0 radical (unpaired) electrons. The maximum absolute atomic E-state index is 6.00. The van der Waals surface area contributed by atoms with Gasteiger partial charge in [0.2, 0.25) is 0 Å². The van der Waals surface area contributed by atoms with Gasteiger partial charge in [0.05, 0.1) is 5.60 Å². The second-order valence-electron chi connectivity index (χ2n) is 6.08. The number of piperidine rings is 1. The van der Waals surface area contributed by atoms with Crippen molar-refractivity contribution in [1.29, 1.82) is 0 Å². The van der Waals surface area contributed by atoms with Crippen molar-refractivity contribution >= 4 is 0 Å². The Morgan fingerprint density at radius 3 is 2.76 bits per heavy atom. The summed E-state index contributed by atoms with van der Waals surface area (Å²) in [5.41, 5.74) is 6.12. The molecule has 0 aromatic carbocycles. The Balaban J connectivity index is 1.90. The lowest BCUT2D eigenvalue weighted by molar-refractivity contribution is 0.00922. The minimum Gasteiger partial charge on any atom is -0.374 e. The maximum Gasteiger partial charge on any atom is 0.0779 e. The van der Waals surface area contributed by atoms with Crippen molar-refractivity contribution < 1.29 is 4.74 Å². The number of ether oxygens (including phenoxy) is 1. The fraction of sp³-hybridized carbons (Fsp3) is 1.00. The molecule has 0 aliphatic carbocycles. The van der Waals surface area contributed by atoms with Gasteiger partial charge in [0.1, 0.15) is 0 Å². The van der Waals surface area contributed by atoms with Gasteiger partial charge in [-0.15, -0.1) is 0 Å². The molecule has 0 bridgehead atoms. The molecule has 2 unspecified atom stereocenters. The summed E-state index contributed by atoms with van der Waals surface area (Å²) in [6.45, 7) is 7.01. The average Bonchev–Trinajstić information content (AvgIpc) is 2.75. The van der Waals surface area contributed by atoms with E-state index in [9.17, 15) is 0 Å². The Morgan fingerprint density at radius 2 is 2.18 bits per heavy atom. The van der Waals surface area contributed by atoms with Gasteiger partial charge in [-0.3, -0.25) is 0 Å². The molecule has 100 valence electrons. The molecule has 2 fully saturated rings. The van der Waals surface area contributed by atoms with E-state index in [0.717, 1.165) is 26.1 Å². The highest BCUT2D eigenvalue weighted by atomic mass is 16.5. The van der Waals surface area contributed by atoms with Crippen molar-refractivity contribution in [2.45, 2.75) is 43.7 Å². The Kier molecular flexibility index (Phi) is 4.08. The summed E-state index contributed by atoms with van der Waals surface area (Å²) in [5, 5.41) is 3.71. The van der Waals surface area contributed by atoms with Gasteiger partial charge in [-0.2, -0.15) is 0 Å². The first-order chi connectivity index (χ1) is 8.08. The number of hydrogen-bond acceptors (Lipinski definition) is 4. The molecule has 2 aliphatic rings. The summed E-state index contributed by atoms with van der Waals surface area (Å²) in [7, 11) is 2.18. The molecule has 2 heterocycles. The molecule has 0 saturated carbocycles. The lowest BCUT2D eigenvalue weighted by atomic mass is 9.88. The second-order valence-corrected chi connectivity index (χ2v) is 6.08. The van der Waals surface area contributed by atoms with Crippen LogP contribution in [0.2, 0.25) is 0 Å².